The normalized spacial score (nSPS) is 18.1. The number of carboxylic acid groups (broad SMARTS) is 1. The summed E-state index contributed by atoms with van der Waals surface area (Å²) in [7, 11) is 1.62. The number of carbonyl (C=O) groups excluding carboxylic acids is 1. The number of ether oxygens (including phenoxy) is 1. The minimum atomic E-state index is -0.848. The number of amides is 1. The van der Waals surface area contributed by atoms with Gasteiger partial charge in [-0.05, 0) is 37.4 Å². The Labute approximate surface area is 130 Å². The average Bonchev–Trinajstić information content (AvgIpc) is 2.96. The summed E-state index contributed by atoms with van der Waals surface area (Å²) in [6.07, 6.45) is 2.12. The second-order valence-corrected chi connectivity index (χ2v) is 5.38. The van der Waals surface area contributed by atoms with E-state index >= 15 is 0 Å². The lowest BCUT2D eigenvalue weighted by molar-refractivity contribution is -0.142. The molecule has 22 heavy (non-hydrogen) atoms. The maximum atomic E-state index is 11.9. The van der Waals surface area contributed by atoms with Gasteiger partial charge in [-0.15, -0.1) is 0 Å². The molecule has 0 unspecified atom stereocenters. The van der Waals surface area contributed by atoms with Gasteiger partial charge in [-0.1, -0.05) is 18.2 Å². The molecule has 1 aromatic rings. The van der Waals surface area contributed by atoms with Gasteiger partial charge in [-0.3, -0.25) is 14.5 Å². The number of nitrogens with zero attached hydrogens (tertiary/aromatic N) is 1. The van der Waals surface area contributed by atoms with Gasteiger partial charge in [0.25, 0.3) is 0 Å². The van der Waals surface area contributed by atoms with Crippen LogP contribution in [0.1, 0.15) is 18.4 Å². The number of aliphatic carboxylic acids is 1. The summed E-state index contributed by atoms with van der Waals surface area (Å²) in [6.45, 7) is 1.31. The van der Waals surface area contributed by atoms with E-state index in [1.165, 1.54) is 0 Å². The molecule has 120 valence electrons. The van der Waals surface area contributed by atoms with Crippen LogP contribution in [0.3, 0.4) is 0 Å². The van der Waals surface area contributed by atoms with Crippen LogP contribution in [0.4, 0.5) is 0 Å². The minimum Gasteiger partial charge on any atom is -0.496 e. The summed E-state index contributed by atoms with van der Waals surface area (Å²) in [5, 5.41) is 11.9. The second-order valence-electron chi connectivity index (χ2n) is 5.38. The van der Waals surface area contributed by atoms with Crippen molar-refractivity contribution in [1.82, 2.24) is 10.2 Å². The zero-order valence-corrected chi connectivity index (χ0v) is 12.7. The average molecular weight is 306 g/mol. The van der Waals surface area contributed by atoms with Crippen LogP contribution in [-0.4, -0.2) is 54.7 Å². The molecule has 1 saturated heterocycles. The number of rotatable bonds is 7. The number of hydrogen-bond donors (Lipinski definition) is 2. The van der Waals surface area contributed by atoms with Crippen molar-refractivity contribution in [2.45, 2.75) is 25.3 Å². The number of likely N-dealkylation sites (tertiary alicyclic amines) is 1. The number of carboxylic acids is 1. The van der Waals surface area contributed by atoms with Crippen LogP contribution in [-0.2, 0) is 16.0 Å². The van der Waals surface area contributed by atoms with Crippen LogP contribution < -0.4 is 10.1 Å². The third-order valence-electron chi connectivity index (χ3n) is 3.90. The SMILES string of the molecule is COc1ccccc1CCNC(=O)CN1CCC[C@H]1C(=O)O. The van der Waals surface area contributed by atoms with Gasteiger partial charge >= 0.3 is 5.97 Å². The highest BCUT2D eigenvalue weighted by molar-refractivity contribution is 5.80. The molecule has 0 bridgehead atoms. The predicted octanol–water partition coefficient (Wildman–Crippen LogP) is 0.903. The van der Waals surface area contributed by atoms with Crippen molar-refractivity contribution >= 4 is 11.9 Å². The van der Waals surface area contributed by atoms with Gasteiger partial charge in [0.2, 0.25) is 5.91 Å². The van der Waals surface area contributed by atoms with E-state index in [0.717, 1.165) is 17.7 Å². The lowest BCUT2D eigenvalue weighted by Crippen LogP contribution is -2.43. The molecule has 0 spiro atoms. The zero-order chi connectivity index (χ0) is 15.9. The first-order valence-electron chi connectivity index (χ1n) is 7.47. The Hall–Kier alpha value is -2.08. The first kappa shape index (κ1) is 16.3. The molecule has 0 aliphatic carbocycles. The largest absolute Gasteiger partial charge is 0.496 e. The molecule has 1 atom stereocenters. The highest BCUT2D eigenvalue weighted by Gasteiger charge is 2.31. The molecule has 0 saturated carbocycles. The molecule has 0 aromatic heterocycles. The molecule has 2 rings (SSSR count). The van der Waals surface area contributed by atoms with E-state index in [1.54, 1.807) is 12.0 Å². The van der Waals surface area contributed by atoms with E-state index in [4.69, 9.17) is 9.84 Å². The smallest absolute Gasteiger partial charge is 0.320 e. The molecular weight excluding hydrogens is 284 g/mol. The molecule has 1 fully saturated rings. The highest BCUT2D eigenvalue weighted by atomic mass is 16.5. The van der Waals surface area contributed by atoms with E-state index in [2.05, 4.69) is 5.32 Å². The number of methoxy groups -OCH3 is 1. The molecule has 0 radical (unpaired) electrons. The number of benzene rings is 1. The van der Waals surface area contributed by atoms with Gasteiger partial charge in [0.05, 0.1) is 13.7 Å². The Bertz CT molecular complexity index is 533. The predicted molar refractivity (Wildman–Crippen MR) is 81.9 cm³/mol. The molecule has 1 heterocycles. The summed E-state index contributed by atoms with van der Waals surface area (Å²) >= 11 is 0. The highest BCUT2D eigenvalue weighted by Crippen LogP contribution is 2.18. The van der Waals surface area contributed by atoms with Crippen molar-refractivity contribution in [3.05, 3.63) is 29.8 Å². The fourth-order valence-corrected chi connectivity index (χ4v) is 2.78. The Kier molecular flexibility index (Phi) is 5.77. The molecule has 1 aromatic carbocycles. The molecule has 1 aliphatic rings. The van der Waals surface area contributed by atoms with E-state index in [1.807, 2.05) is 24.3 Å². The summed E-state index contributed by atoms with van der Waals surface area (Å²) in [4.78, 5) is 24.7. The molecule has 6 heteroatoms. The molecule has 1 aliphatic heterocycles. The van der Waals surface area contributed by atoms with Gasteiger partial charge in [-0.2, -0.15) is 0 Å². The fourth-order valence-electron chi connectivity index (χ4n) is 2.78. The first-order valence-corrected chi connectivity index (χ1v) is 7.47. The maximum Gasteiger partial charge on any atom is 0.320 e. The fraction of sp³-hybridized carbons (Fsp3) is 0.500. The third-order valence-corrected chi connectivity index (χ3v) is 3.90. The third kappa shape index (κ3) is 4.21. The molecule has 6 nitrogen and oxygen atoms in total. The lowest BCUT2D eigenvalue weighted by Gasteiger charge is -2.20. The topological polar surface area (TPSA) is 78.9 Å². The van der Waals surface area contributed by atoms with Crippen LogP contribution >= 0.6 is 0 Å². The van der Waals surface area contributed by atoms with Crippen molar-refractivity contribution in [2.24, 2.45) is 0 Å². The summed E-state index contributed by atoms with van der Waals surface area (Å²) in [5.41, 5.74) is 1.04. The van der Waals surface area contributed by atoms with E-state index in [-0.39, 0.29) is 12.5 Å². The zero-order valence-electron chi connectivity index (χ0n) is 12.7. The van der Waals surface area contributed by atoms with Crippen LogP contribution in [0.2, 0.25) is 0 Å². The quantitative estimate of drug-likeness (QED) is 0.782. The number of para-hydroxylation sites is 1. The van der Waals surface area contributed by atoms with Crippen molar-refractivity contribution in [1.29, 1.82) is 0 Å². The van der Waals surface area contributed by atoms with Gasteiger partial charge in [0, 0.05) is 6.54 Å². The number of hydrogen-bond acceptors (Lipinski definition) is 4. The number of carbonyl (C=O) groups is 2. The Balaban J connectivity index is 1.77. The Morgan fingerprint density at radius 1 is 1.41 bits per heavy atom. The second kappa shape index (κ2) is 7.79. The molecule has 2 N–H and O–H groups in total. The molecular formula is C16H22N2O4. The van der Waals surface area contributed by atoms with Crippen molar-refractivity contribution < 1.29 is 19.4 Å². The summed E-state index contributed by atoms with van der Waals surface area (Å²) in [5.74, 6) is -0.176. The monoisotopic (exact) mass is 306 g/mol. The van der Waals surface area contributed by atoms with Crippen molar-refractivity contribution in [3.8, 4) is 5.75 Å². The van der Waals surface area contributed by atoms with Crippen LogP contribution in [0.5, 0.6) is 5.75 Å². The lowest BCUT2D eigenvalue weighted by atomic mass is 10.1. The van der Waals surface area contributed by atoms with Gasteiger partial charge in [0.15, 0.2) is 0 Å². The van der Waals surface area contributed by atoms with Gasteiger partial charge < -0.3 is 15.2 Å². The minimum absolute atomic E-state index is 0.136. The standard InChI is InChI=1S/C16H22N2O4/c1-22-14-7-3-2-5-12(14)8-9-17-15(19)11-18-10-4-6-13(18)16(20)21/h2-3,5,7,13H,4,6,8-11H2,1H3,(H,17,19)(H,20,21)/t13-/m0/s1. The van der Waals surface area contributed by atoms with Gasteiger partial charge in [0.1, 0.15) is 11.8 Å². The van der Waals surface area contributed by atoms with Crippen LogP contribution in [0.25, 0.3) is 0 Å². The van der Waals surface area contributed by atoms with E-state index < -0.39 is 12.0 Å². The van der Waals surface area contributed by atoms with Crippen molar-refractivity contribution in [3.63, 3.8) is 0 Å². The van der Waals surface area contributed by atoms with Crippen molar-refractivity contribution in [2.75, 3.05) is 26.7 Å². The van der Waals surface area contributed by atoms with Crippen LogP contribution in [0.15, 0.2) is 24.3 Å². The van der Waals surface area contributed by atoms with E-state index in [0.29, 0.717) is 25.9 Å². The number of nitrogens with one attached hydrogen (secondary N) is 1. The first-order chi connectivity index (χ1) is 10.6. The van der Waals surface area contributed by atoms with Gasteiger partial charge in [-0.25, -0.2) is 0 Å². The summed E-state index contributed by atoms with van der Waals surface area (Å²) < 4.78 is 5.26. The Morgan fingerprint density at radius 2 is 2.18 bits per heavy atom. The molecule has 1 amide bonds. The maximum absolute atomic E-state index is 11.9. The summed E-state index contributed by atoms with van der Waals surface area (Å²) in [6, 6.07) is 7.16. The Morgan fingerprint density at radius 3 is 2.91 bits per heavy atom. The van der Waals surface area contributed by atoms with Crippen LogP contribution in [0, 0.1) is 0 Å². The van der Waals surface area contributed by atoms with E-state index in [9.17, 15) is 9.59 Å².